The van der Waals surface area contributed by atoms with Crippen molar-refractivity contribution in [2.24, 2.45) is 0 Å². The number of anilines is 2. The van der Waals surface area contributed by atoms with Crippen LogP contribution in [0.25, 0.3) is 11.1 Å². The summed E-state index contributed by atoms with van der Waals surface area (Å²) in [6, 6.07) is 23.4. The molecule has 0 aromatic heterocycles. The summed E-state index contributed by atoms with van der Waals surface area (Å²) in [6.45, 7) is 0.504. The average Bonchev–Trinajstić information content (AvgIpc) is 2.55. The number of nitrogen functional groups attached to an aromatic ring is 2. The van der Waals surface area contributed by atoms with Crippen LogP contribution in [0.3, 0.4) is 0 Å². The minimum atomic E-state index is 0.504. The molecule has 0 spiro atoms. The zero-order valence-electron chi connectivity index (χ0n) is 12.2. The lowest BCUT2D eigenvalue weighted by Crippen LogP contribution is -1.99. The molecule has 3 nitrogen and oxygen atoms in total. The Balaban J connectivity index is 1.93. The Labute approximate surface area is 130 Å². The molecule has 0 unspecified atom stereocenters. The summed E-state index contributed by atoms with van der Waals surface area (Å²) in [6.07, 6.45) is 0. The Morgan fingerprint density at radius 3 is 2.23 bits per heavy atom. The van der Waals surface area contributed by atoms with Crippen LogP contribution in [-0.2, 0) is 6.61 Å². The van der Waals surface area contributed by atoms with E-state index >= 15 is 0 Å². The molecular weight excluding hydrogens is 272 g/mol. The third-order valence-corrected chi connectivity index (χ3v) is 3.49. The van der Waals surface area contributed by atoms with E-state index in [1.165, 1.54) is 0 Å². The third kappa shape index (κ3) is 3.04. The van der Waals surface area contributed by atoms with E-state index in [4.69, 9.17) is 16.2 Å². The van der Waals surface area contributed by atoms with Crippen LogP contribution in [0, 0.1) is 0 Å². The lowest BCUT2D eigenvalue weighted by atomic mass is 10.0. The normalized spacial score (nSPS) is 10.4. The Bertz CT molecular complexity index is 769. The number of benzene rings is 3. The molecule has 22 heavy (non-hydrogen) atoms. The molecule has 0 amide bonds. The smallest absolute Gasteiger partial charge is 0.127 e. The van der Waals surface area contributed by atoms with E-state index in [1.807, 2.05) is 72.8 Å². The summed E-state index contributed by atoms with van der Waals surface area (Å²) < 4.78 is 5.98. The van der Waals surface area contributed by atoms with Crippen molar-refractivity contribution in [1.82, 2.24) is 0 Å². The van der Waals surface area contributed by atoms with Crippen LogP contribution in [0.15, 0.2) is 72.8 Å². The zero-order valence-corrected chi connectivity index (χ0v) is 12.2. The first-order valence-corrected chi connectivity index (χ1v) is 7.15. The van der Waals surface area contributed by atoms with Gasteiger partial charge in [-0.3, -0.25) is 0 Å². The minimum absolute atomic E-state index is 0.504. The summed E-state index contributed by atoms with van der Waals surface area (Å²) in [5.74, 6) is 0.774. The van der Waals surface area contributed by atoms with Crippen molar-refractivity contribution in [3.63, 3.8) is 0 Å². The van der Waals surface area contributed by atoms with Crippen molar-refractivity contribution >= 4 is 11.4 Å². The van der Waals surface area contributed by atoms with Gasteiger partial charge in [0.15, 0.2) is 0 Å². The summed E-state index contributed by atoms with van der Waals surface area (Å²) in [5.41, 5.74) is 16.4. The first-order valence-electron chi connectivity index (χ1n) is 7.15. The molecule has 0 saturated carbocycles. The molecule has 3 rings (SSSR count). The van der Waals surface area contributed by atoms with Gasteiger partial charge in [0.1, 0.15) is 12.4 Å². The van der Waals surface area contributed by atoms with Crippen LogP contribution in [0.1, 0.15) is 5.56 Å². The lowest BCUT2D eigenvalue weighted by Gasteiger charge is -2.14. The fraction of sp³-hybridized carbons (Fsp3) is 0.0526. The van der Waals surface area contributed by atoms with Gasteiger partial charge in [-0.2, -0.15) is 0 Å². The highest BCUT2D eigenvalue weighted by molar-refractivity contribution is 5.82. The van der Waals surface area contributed by atoms with Gasteiger partial charge < -0.3 is 16.2 Å². The van der Waals surface area contributed by atoms with Crippen LogP contribution in [0.5, 0.6) is 5.75 Å². The molecule has 3 aromatic rings. The van der Waals surface area contributed by atoms with Crippen LogP contribution in [0.2, 0.25) is 0 Å². The molecule has 0 aliphatic rings. The minimum Gasteiger partial charge on any atom is -0.488 e. The molecule has 0 heterocycles. The maximum atomic E-state index is 6.08. The molecule has 0 aliphatic heterocycles. The second-order valence-corrected chi connectivity index (χ2v) is 5.12. The van der Waals surface area contributed by atoms with E-state index in [0.29, 0.717) is 18.0 Å². The van der Waals surface area contributed by atoms with Crippen molar-refractivity contribution in [1.29, 1.82) is 0 Å². The molecule has 110 valence electrons. The Morgan fingerprint density at radius 1 is 0.727 bits per heavy atom. The molecule has 3 aromatic carbocycles. The van der Waals surface area contributed by atoms with Gasteiger partial charge in [0.25, 0.3) is 0 Å². The molecule has 0 fully saturated rings. The van der Waals surface area contributed by atoms with Crippen molar-refractivity contribution in [2.45, 2.75) is 6.61 Å². The molecule has 3 heteroatoms. The number of hydrogen-bond acceptors (Lipinski definition) is 3. The molecule has 0 radical (unpaired) electrons. The van der Waals surface area contributed by atoms with Gasteiger partial charge in [-0.25, -0.2) is 0 Å². The fourth-order valence-electron chi connectivity index (χ4n) is 2.36. The van der Waals surface area contributed by atoms with Gasteiger partial charge in [-0.1, -0.05) is 48.5 Å². The predicted molar refractivity (Wildman–Crippen MR) is 91.5 cm³/mol. The standard InChI is InChI=1S/C19H18N2O/c20-15-10-11-19(22-13-14-6-2-1-3-7-14)17(12-15)16-8-4-5-9-18(16)21/h1-12H,13,20-21H2. The SMILES string of the molecule is Nc1ccc(OCc2ccccc2)c(-c2ccccc2N)c1. The average molecular weight is 290 g/mol. The van der Waals surface area contributed by atoms with E-state index < -0.39 is 0 Å². The second kappa shape index (κ2) is 6.22. The summed E-state index contributed by atoms with van der Waals surface area (Å²) in [5, 5.41) is 0. The predicted octanol–water partition coefficient (Wildman–Crippen LogP) is 4.10. The van der Waals surface area contributed by atoms with E-state index in [-0.39, 0.29) is 0 Å². The quantitative estimate of drug-likeness (QED) is 0.711. The number of rotatable bonds is 4. The van der Waals surface area contributed by atoms with Crippen LogP contribution < -0.4 is 16.2 Å². The van der Waals surface area contributed by atoms with Crippen molar-refractivity contribution in [3.8, 4) is 16.9 Å². The Kier molecular flexibility index (Phi) is 3.97. The van der Waals surface area contributed by atoms with Crippen LogP contribution in [-0.4, -0.2) is 0 Å². The maximum absolute atomic E-state index is 6.08. The van der Waals surface area contributed by atoms with Gasteiger partial charge in [0.05, 0.1) is 0 Å². The number of nitrogens with two attached hydrogens (primary N) is 2. The van der Waals surface area contributed by atoms with Crippen LogP contribution >= 0.6 is 0 Å². The van der Waals surface area contributed by atoms with E-state index in [2.05, 4.69) is 0 Å². The Morgan fingerprint density at radius 2 is 1.45 bits per heavy atom. The molecule has 0 aliphatic carbocycles. The molecule has 0 bridgehead atoms. The van der Waals surface area contributed by atoms with Gasteiger partial charge >= 0.3 is 0 Å². The highest BCUT2D eigenvalue weighted by atomic mass is 16.5. The topological polar surface area (TPSA) is 61.3 Å². The highest BCUT2D eigenvalue weighted by Crippen LogP contribution is 2.35. The van der Waals surface area contributed by atoms with Crippen molar-refractivity contribution < 1.29 is 4.74 Å². The Hall–Kier alpha value is -2.94. The van der Waals surface area contributed by atoms with Gasteiger partial charge in [0.2, 0.25) is 0 Å². The van der Waals surface area contributed by atoms with Gasteiger partial charge in [0, 0.05) is 22.5 Å². The molecule has 0 saturated heterocycles. The monoisotopic (exact) mass is 290 g/mol. The first kappa shape index (κ1) is 14.0. The second-order valence-electron chi connectivity index (χ2n) is 5.12. The van der Waals surface area contributed by atoms with Crippen molar-refractivity contribution in [3.05, 3.63) is 78.4 Å². The third-order valence-electron chi connectivity index (χ3n) is 3.49. The molecule has 4 N–H and O–H groups in total. The molecule has 0 atom stereocenters. The lowest BCUT2D eigenvalue weighted by molar-refractivity contribution is 0.307. The molecular formula is C19H18N2O. The summed E-state index contributed by atoms with van der Waals surface area (Å²) in [7, 11) is 0. The highest BCUT2D eigenvalue weighted by Gasteiger charge is 2.10. The van der Waals surface area contributed by atoms with E-state index in [0.717, 1.165) is 22.4 Å². The van der Waals surface area contributed by atoms with Crippen molar-refractivity contribution in [2.75, 3.05) is 11.5 Å². The summed E-state index contributed by atoms with van der Waals surface area (Å²) >= 11 is 0. The number of para-hydroxylation sites is 1. The fourth-order valence-corrected chi connectivity index (χ4v) is 2.36. The largest absolute Gasteiger partial charge is 0.488 e. The summed E-state index contributed by atoms with van der Waals surface area (Å²) in [4.78, 5) is 0. The van der Waals surface area contributed by atoms with Gasteiger partial charge in [-0.15, -0.1) is 0 Å². The first-order chi connectivity index (χ1) is 10.7. The van der Waals surface area contributed by atoms with E-state index in [9.17, 15) is 0 Å². The number of ether oxygens (including phenoxy) is 1. The number of hydrogen-bond donors (Lipinski definition) is 2. The van der Waals surface area contributed by atoms with Gasteiger partial charge in [-0.05, 0) is 29.8 Å². The maximum Gasteiger partial charge on any atom is 0.127 e. The zero-order chi connectivity index (χ0) is 15.4. The van der Waals surface area contributed by atoms with Crippen LogP contribution in [0.4, 0.5) is 11.4 Å². The van der Waals surface area contributed by atoms with E-state index in [1.54, 1.807) is 0 Å².